The van der Waals surface area contributed by atoms with Crippen LogP contribution in [0.3, 0.4) is 0 Å². The molecule has 0 heterocycles. The second-order valence-electron chi connectivity index (χ2n) is 3.23. The first-order valence-electron chi connectivity index (χ1n) is 3.24. The molecule has 0 fully saturated rings. The van der Waals surface area contributed by atoms with Gasteiger partial charge < -0.3 is 25.7 Å². The van der Waals surface area contributed by atoms with E-state index in [1.54, 1.807) is 0 Å². The van der Waals surface area contributed by atoms with E-state index in [9.17, 15) is 0 Å². The van der Waals surface area contributed by atoms with Gasteiger partial charge in [0, 0.05) is 0 Å². The van der Waals surface area contributed by atoms with E-state index in [2.05, 4.69) is 21.1 Å². The monoisotopic (exact) mass is 241 g/mol. The molecule has 8 heteroatoms. The molecule has 0 aliphatic carbocycles. The number of nitrogens with zero attached hydrogens (tertiary/aromatic N) is 1. The molecule has 0 unspecified atom stereocenters. The molecule has 13 heavy (non-hydrogen) atoms. The van der Waals surface area contributed by atoms with Gasteiger partial charge in [0.15, 0.2) is 0 Å². The Morgan fingerprint density at radius 2 is 1.62 bits per heavy atom. The average molecular weight is 241 g/mol. The Kier molecular flexibility index (Phi) is 13.8. The fraction of sp³-hybridized carbons (Fsp3) is 1.00. The number of rotatable bonds is 2. The van der Waals surface area contributed by atoms with E-state index in [0.717, 1.165) is 11.0 Å². The second-order valence-corrected chi connectivity index (χ2v) is 4.21. The Balaban J connectivity index is -0.0000000651. The van der Waals surface area contributed by atoms with Crippen LogP contribution in [0.15, 0.2) is 0 Å². The minimum Gasteiger partial charge on any atom is -1.00 e. The minimum atomic E-state index is -4.89. The first-order valence-corrected chi connectivity index (χ1v) is 4.77. The van der Waals surface area contributed by atoms with Gasteiger partial charge in [-0.3, -0.25) is 4.57 Å². The molecule has 0 aromatic carbocycles. The van der Waals surface area contributed by atoms with Crippen LogP contribution in [-0.2, 0) is 4.57 Å². The molecule has 0 saturated carbocycles. The molecule has 0 bridgehead atoms. The second kappa shape index (κ2) is 8.93. The summed E-state index contributed by atoms with van der Waals surface area (Å²) >= 11 is 0. The van der Waals surface area contributed by atoms with Crippen LogP contribution in [0.1, 0.15) is 1.43 Å². The smallest absolute Gasteiger partial charge is 1.00 e. The molecule has 78 valence electrons. The summed E-state index contributed by atoms with van der Waals surface area (Å²) in [7, 11) is 1.27. The summed E-state index contributed by atoms with van der Waals surface area (Å²) in [4.78, 5) is 22.9. The molecule has 0 spiro atoms. The van der Waals surface area contributed by atoms with E-state index in [1.165, 1.54) is 0 Å². The zero-order chi connectivity index (χ0) is 10.4. The quantitative estimate of drug-likeness (QED) is 0.256. The van der Waals surface area contributed by atoms with Crippen molar-refractivity contribution >= 4 is 7.82 Å². The maximum atomic E-state index is 8.77. The van der Waals surface area contributed by atoms with E-state index in [0.29, 0.717) is 0 Å². The van der Waals surface area contributed by atoms with E-state index in [1.807, 2.05) is 0 Å². The summed E-state index contributed by atoms with van der Waals surface area (Å²) in [5.74, 6) is 0. The van der Waals surface area contributed by atoms with Crippen molar-refractivity contribution in [3.05, 3.63) is 0 Å². The summed E-state index contributed by atoms with van der Waals surface area (Å²) in [5.41, 5.74) is 0. The number of quaternary nitrogens is 1. The van der Waals surface area contributed by atoms with Crippen molar-refractivity contribution < 1.29 is 81.6 Å². The molecule has 0 aromatic heterocycles. The number of hydrogen-bond acceptors (Lipinski definition) is 3. The summed E-state index contributed by atoms with van der Waals surface area (Å²) in [5, 5.41) is 8.39. The summed E-state index contributed by atoms with van der Waals surface area (Å²) < 4.78 is 9.61. The van der Waals surface area contributed by atoms with Crippen molar-refractivity contribution in [2.45, 2.75) is 0 Å². The molecule has 0 aliphatic heterocycles. The van der Waals surface area contributed by atoms with Crippen molar-refractivity contribution in [1.82, 2.24) is 0 Å². The van der Waals surface area contributed by atoms with E-state index in [4.69, 9.17) is 24.4 Å². The Labute approximate surface area is 122 Å². The third kappa shape index (κ3) is 57.9. The van der Waals surface area contributed by atoms with Gasteiger partial charge in [0.1, 0.15) is 6.54 Å². The normalized spacial score (nSPS) is 11.0. The predicted molar refractivity (Wildman–Crippen MR) is 43.1 cm³/mol. The van der Waals surface area contributed by atoms with E-state index >= 15 is 0 Å². The molecule has 0 atom stereocenters. The largest absolute Gasteiger partial charge is 1.00 e. The van der Waals surface area contributed by atoms with Crippen LogP contribution >= 0.6 is 7.82 Å². The van der Waals surface area contributed by atoms with Crippen molar-refractivity contribution in [1.29, 1.82) is 0 Å². The van der Waals surface area contributed by atoms with Gasteiger partial charge in [0.2, 0.25) is 0 Å². The molecule has 0 aromatic rings. The van der Waals surface area contributed by atoms with Crippen LogP contribution in [-0.4, -0.2) is 53.7 Å². The van der Waals surface area contributed by atoms with Gasteiger partial charge in [-0.2, -0.15) is 0 Å². The molecule has 3 N–H and O–H groups in total. The van der Waals surface area contributed by atoms with E-state index in [-0.39, 0.29) is 59.4 Å². The van der Waals surface area contributed by atoms with Crippen molar-refractivity contribution in [2.75, 3.05) is 34.3 Å². The standard InChI is InChI=1S/C5H14NO.K.H3O4P.H/c1-6(2,3)4-5-7;;1-5(2,3)4;/h7H,4-5H2,1-3H3;;(H3,1,2,3,4);/q2*+1;;-1/p-1. The zero-order valence-electron chi connectivity index (χ0n) is 9.47. The van der Waals surface area contributed by atoms with Crippen LogP contribution in [0.2, 0.25) is 0 Å². The Bertz CT molecular complexity index is 150. The molecule has 0 aliphatic rings. The molecular weight excluding hydrogens is 224 g/mol. The molecule has 0 saturated heterocycles. The van der Waals surface area contributed by atoms with Crippen molar-refractivity contribution in [2.24, 2.45) is 0 Å². The average Bonchev–Trinajstić information content (AvgIpc) is 1.54. The van der Waals surface area contributed by atoms with Crippen LogP contribution in [0.5, 0.6) is 0 Å². The zero-order valence-corrected chi connectivity index (χ0v) is 12.5. The van der Waals surface area contributed by atoms with Crippen molar-refractivity contribution in [3.63, 3.8) is 0 Å². The fourth-order valence-corrected chi connectivity index (χ4v) is 0.300. The van der Waals surface area contributed by atoms with Gasteiger partial charge >= 0.3 is 51.4 Å². The Hall–Kier alpha value is 1.67. The maximum absolute atomic E-state index is 8.77. The van der Waals surface area contributed by atoms with Gasteiger partial charge in [0.05, 0.1) is 27.7 Å². The number of aliphatic hydroxyl groups is 1. The van der Waals surface area contributed by atoms with Gasteiger partial charge in [-0.1, -0.05) is 0 Å². The number of hydrogen-bond donors (Lipinski definition) is 3. The maximum Gasteiger partial charge on any atom is 1.00 e. The Morgan fingerprint density at radius 1 is 1.38 bits per heavy atom. The number of aliphatic hydroxyl groups excluding tert-OH is 1. The SMILES string of the molecule is C[N+](C)(C)CCO.O=P([O-])(O)O.[H-].[K+]. The van der Waals surface area contributed by atoms with Gasteiger partial charge in [-0.05, 0) is 0 Å². The fourth-order valence-electron chi connectivity index (χ4n) is 0.300. The van der Waals surface area contributed by atoms with Crippen molar-refractivity contribution in [3.8, 4) is 0 Å². The summed E-state index contributed by atoms with van der Waals surface area (Å²) in [6, 6.07) is 0. The number of phosphoric acid groups is 1. The van der Waals surface area contributed by atoms with Crippen LogP contribution < -0.4 is 56.3 Å². The minimum absolute atomic E-state index is 0. The molecule has 0 radical (unpaired) electrons. The summed E-state index contributed by atoms with van der Waals surface area (Å²) in [6.45, 7) is 1.11. The first kappa shape index (κ1) is 20.1. The van der Waals surface area contributed by atoms with Gasteiger partial charge in [0.25, 0.3) is 7.82 Å². The van der Waals surface area contributed by atoms with Crippen LogP contribution in [0.25, 0.3) is 0 Å². The number of likely N-dealkylation sites (N-methyl/N-ethyl adjacent to an activating group) is 1. The van der Waals surface area contributed by atoms with Gasteiger partial charge in [-0.25, -0.2) is 0 Å². The van der Waals surface area contributed by atoms with Crippen LogP contribution in [0, 0.1) is 0 Å². The molecule has 0 amide bonds. The third-order valence-electron chi connectivity index (χ3n) is 0.771. The molecular formula is C5H17KNO5P. The Morgan fingerprint density at radius 3 is 1.62 bits per heavy atom. The third-order valence-corrected chi connectivity index (χ3v) is 0.771. The molecule has 6 nitrogen and oxygen atoms in total. The first-order chi connectivity index (χ1) is 5.06. The molecule has 0 rings (SSSR count). The summed E-state index contributed by atoms with van der Waals surface area (Å²) in [6.07, 6.45) is 0. The van der Waals surface area contributed by atoms with Gasteiger partial charge in [-0.15, -0.1) is 0 Å². The van der Waals surface area contributed by atoms with E-state index < -0.39 is 7.82 Å². The predicted octanol–water partition coefficient (Wildman–Crippen LogP) is -4.76. The topological polar surface area (TPSA) is 101 Å². The van der Waals surface area contributed by atoms with Crippen LogP contribution in [0.4, 0.5) is 0 Å².